The summed E-state index contributed by atoms with van der Waals surface area (Å²) in [5.74, 6) is -0.496. The van der Waals surface area contributed by atoms with Gasteiger partial charge in [-0.2, -0.15) is 13.2 Å². The second-order valence-electron chi connectivity index (χ2n) is 5.69. The van der Waals surface area contributed by atoms with Gasteiger partial charge in [0.05, 0.1) is 19.1 Å². The Hall–Kier alpha value is -2.05. The summed E-state index contributed by atoms with van der Waals surface area (Å²) in [6.07, 6.45) is -1.90. The van der Waals surface area contributed by atoms with Gasteiger partial charge in [0.25, 0.3) is 0 Å². The molecule has 0 aromatic heterocycles. The summed E-state index contributed by atoms with van der Waals surface area (Å²) < 4.78 is 42.1. The normalized spacial score (nSPS) is 15.8. The molecule has 0 aliphatic heterocycles. The van der Waals surface area contributed by atoms with Crippen LogP contribution >= 0.6 is 0 Å². The van der Waals surface area contributed by atoms with Gasteiger partial charge in [0.15, 0.2) is 0 Å². The molecule has 0 unspecified atom stereocenters. The van der Waals surface area contributed by atoms with Crippen LogP contribution in [0.5, 0.6) is 0 Å². The van der Waals surface area contributed by atoms with Crippen LogP contribution in [-0.2, 0) is 26.9 Å². The van der Waals surface area contributed by atoms with Crippen LogP contribution in [0.3, 0.4) is 0 Å². The third-order valence-electron chi connectivity index (χ3n) is 3.73. The molecule has 1 aromatic carbocycles. The van der Waals surface area contributed by atoms with E-state index in [1.165, 1.54) is 19.2 Å². The minimum atomic E-state index is -4.40. The summed E-state index contributed by atoms with van der Waals surface area (Å²) in [6, 6.07) is 3.69. The first kappa shape index (κ1) is 17.3. The van der Waals surface area contributed by atoms with Gasteiger partial charge in [0.2, 0.25) is 5.91 Å². The molecule has 126 valence electrons. The Morgan fingerprint density at radius 1 is 1.26 bits per heavy atom. The number of alkyl halides is 3. The van der Waals surface area contributed by atoms with Gasteiger partial charge in [-0.05, 0) is 30.0 Å². The van der Waals surface area contributed by atoms with Gasteiger partial charge >= 0.3 is 12.1 Å². The number of hydrogen-bond donors (Lipinski definition) is 1. The maximum absolute atomic E-state index is 12.5. The molecule has 1 aliphatic rings. The number of nitrogens with one attached hydrogen (secondary N) is 1. The van der Waals surface area contributed by atoms with Gasteiger partial charge in [-0.25, -0.2) is 4.79 Å². The van der Waals surface area contributed by atoms with E-state index in [0.29, 0.717) is 17.9 Å². The van der Waals surface area contributed by atoms with Gasteiger partial charge in [-0.1, -0.05) is 25.0 Å². The molecule has 2 rings (SSSR count). The van der Waals surface area contributed by atoms with E-state index in [1.54, 1.807) is 0 Å². The van der Waals surface area contributed by atoms with Gasteiger partial charge in [0.1, 0.15) is 6.04 Å². The number of carbonyl (C=O) groups is 2. The van der Waals surface area contributed by atoms with Crippen molar-refractivity contribution in [2.45, 2.75) is 37.9 Å². The van der Waals surface area contributed by atoms with Crippen LogP contribution in [0.1, 0.15) is 30.4 Å². The van der Waals surface area contributed by atoms with E-state index in [0.717, 1.165) is 25.0 Å². The first-order valence-electron chi connectivity index (χ1n) is 7.33. The molecule has 1 aromatic rings. The zero-order valence-electron chi connectivity index (χ0n) is 12.7. The number of methoxy groups -OCH3 is 1. The van der Waals surface area contributed by atoms with E-state index in [4.69, 9.17) is 0 Å². The van der Waals surface area contributed by atoms with Crippen LogP contribution < -0.4 is 5.32 Å². The molecule has 1 aliphatic carbocycles. The van der Waals surface area contributed by atoms with E-state index in [1.807, 2.05) is 0 Å². The summed E-state index contributed by atoms with van der Waals surface area (Å²) in [6.45, 7) is 0. The molecule has 0 heterocycles. The number of amides is 1. The minimum absolute atomic E-state index is 0.0870. The second-order valence-corrected chi connectivity index (χ2v) is 5.69. The van der Waals surface area contributed by atoms with Crippen molar-refractivity contribution in [3.05, 3.63) is 35.4 Å². The predicted octanol–water partition coefficient (Wildman–Crippen LogP) is 2.71. The van der Waals surface area contributed by atoms with E-state index < -0.39 is 29.7 Å². The molecule has 1 fully saturated rings. The molecule has 1 amide bonds. The number of benzene rings is 1. The first-order valence-corrected chi connectivity index (χ1v) is 7.33. The van der Waals surface area contributed by atoms with Crippen molar-refractivity contribution in [3.8, 4) is 0 Å². The van der Waals surface area contributed by atoms with Crippen LogP contribution in [0.4, 0.5) is 13.2 Å². The van der Waals surface area contributed by atoms with Gasteiger partial charge in [-0.3, -0.25) is 4.79 Å². The zero-order valence-corrected chi connectivity index (χ0v) is 12.7. The first-order chi connectivity index (χ1) is 10.8. The fourth-order valence-corrected chi connectivity index (χ4v) is 2.29. The van der Waals surface area contributed by atoms with Crippen LogP contribution in [0.2, 0.25) is 0 Å². The Labute approximate surface area is 132 Å². The van der Waals surface area contributed by atoms with E-state index in [2.05, 4.69) is 10.1 Å². The molecule has 1 atom stereocenters. The predicted molar refractivity (Wildman–Crippen MR) is 76.4 cm³/mol. The van der Waals surface area contributed by atoms with Gasteiger partial charge < -0.3 is 10.1 Å². The standard InChI is InChI=1S/C16H18F3NO3/c1-23-15(22)13(8-10-2-3-10)20-14(21)9-11-4-6-12(7-5-11)16(17,18)19/h4-7,10,13H,2-3,8-9H2,1H3,(H,20,21)/t13-/m0/s1. The number of hydrogen-bond acceptors (Lipinski definition) is 3. The molecule has 1 saturated carbocycles. The number of ether oxygens (including phenoxy) is 1. The Balaban J connectivity index is 1.93. The Bertz CT molecular complexity index is 565. The smallest absolute Gasteiger partial charge is 0.416 e. The van der Waals surface area contributed by atoms with E-state index >= 15 is 0 Å². The molecule has 0 saturated heterocycles. The monoisotopic (exact) mass is 329 g/mol. The van der Waals surface area contributed by atoms with Crippen LogP contribution in [0.15, 0.2) is 24.3 Å². The lowest BCUT2D eigenvalue weighted by atomic mass is 10.1. The molecule has 0 radical (unpaired) electrons. The second kappa shape index (κ2) is 7.02. The van der Waals surface area contributed by atoms with Crippen molar-refractivity contribution in [2.24, 2.45) is 5.92 Å². The minimum Gasteiger partial charge on any atom is -0.467 e. The van der Waals surface area contributed by atoms with Crippen molar-refractivity contribution < 1.29 is 27.5 Å². The number of carbonyl (C=O) groups excluding carboxylic acids is 2. The third-order valence-corrected chi connectivity index (χ3v) is 3.73. The van der Waals surface area contributed by atoms with Crippen molar-refractivity contribution in [1.29, 1.82) is 0 Å². The van der Waals surface area contributed by atoms with Crippen LogP contribution in [0, 0.1) is 5.92 Å². The molecule has 4 nitrogen and oxygen atoms in total. The van der Waals surface area contributed by atoms with Crippen molar-refractivity contribution >= 4 is 11.9 Å². The Kier molecular flexibility index (Phi) is 5.28. The summed E-state index contributed by atoms with van der Waals surface area (Å²) >= 11 is 0. The topological polar surface area (TPSA) is 55.4 Å². The average Bonchev–Trinajstić information content (AvgIpc) is 3.29. The number of rotatable bonds is 6. The lowest BCUT2D eigenvalue weighted by Crippen LogP contribution is -2.42. The number of halogens is 3. The summed E-state index contributed by atoms with van der Waals surface area (Å²) in [4.78, 5) is 23.6. The van der Waals surface area contributed by atoms with E-state index in [-0.39, 0.29) is 6.42 Å². The van der Waals surface area contributed by atoms with Gasteiger partial charge in [0, 0.05) is 0 Å². The lowest BCUT2D eigenvalue weighted by molar-refractivity contribution is -0.145. The molecule has 23 heavy (non-hydrogen) atoms. The highest BCUT2D eigenvalue weighted by Crippen LogP contribution is 2.33. The van der Waals surface area contributed by atoms with Crippen molar-refractivity contribution in [2.75, 3.05) is 7.11 Å². The van der Waals surface area contributed by atoms with Gasteiger partial charge in [-0.15, -0.1) is 0 Å². The average molecular weight is 329 g/mol. The molecule has 0 bridgehead atoms. The summed E-state index contributed by atoms with van der Waals surface area (Å²) in [5.41, 5.74) is -0.312. The molecule has 1 N–H and O–H groups in total. The maximum atomic E-state index is 12.5. The van der Waals surface area contributed by atoms with E-state index in [9.17, 15) is 22.8 Å². The fraction of sp³-hybridized carbons (Fsp3) is 0.500. The Morgan fingerprint density at radius 3 is 2.35 bits per heavy atom. The van der Waals surface area contributed by atoms with Crippen LogP contribution in [-0.4, -0.2) is 25.0 Å². The third kappa shape index (κ3) is 5.26. The molecular formula is C16H18F3NO3. The molecule has 7 heteroatoms. The van der Waals surface area contributed by atoms with Crippen molar-refractivity contribution in [3.63, 3.8) is 0 Å². The quantitative estimate of drug-likeness (QED) is 0.817. The zero-order chi connectivity index (χ0) is 17.0. The highest BCUT2D eigenvalue weighted by atomic mass is 19.4. The molecule has 0 spiro atoms. The summed E-state index contributed by atoms with van der Waals surface area (Å²) in [7, 11) is 1.25. The summed E-state index contributed by atoms with van der Waals surface area (Å²) in [5, 5.41) is 2.60. The number of esters is 1. The highest BCUT2D eigenvalue weighted by Gasteiger charge is 2.31. The van der Waals surface area contributed by atoms with Crippen molar-refractivity contribution in [1.82, 2.24) is 5.32 Å². The largest absolute Gasteiger partial charge is 0.467 e. The lowest BCUT2D eigenvalue weighted by Gasteiger charge is -2.16. The fourth-order valence-electron chi connectivity index (χ4n) is 2.29. The molecular weight excluding hydrogens is 311 g/mol. The highest BCUT2D eigenvalue weighted by molar-refractivity contribution is 5.85. The Morgan fingerprint density at radius 2 is 1.87 bits per heavy atom. The van der Waals surface area contributed by atoms with Crippen LogP contribution in [0.25, 0.3) is 0 Å². The maximum Gasteiger partial charge on any atom is 0.416 e. The SMILES string of the molecule is COC(=O)[C@H](CC1CC1)NC(=O)Cc1ccc(C(F)(F)F)cc1.